The molecule has 36 heavy (non-hydrogen) atoms. The Kier molecular flexibility index (Phi) is 8.10. The van der Waals surface area contributed by atoms with Crippen molar-refractivity contribution in [2.24, 2.45) is 0 Å². The fourth-order valence-electron chi connectivity index (χ4n) is 4.47. The number of hydrogen-bond donors (Lipinski definition) is 2. The maximum absolute atomic E-state index is 14.0. The van der Waals surface area contributed by atoms with Crippen LogP contribution in [0.15, 0.2) is 60.7 Å². The monoisotopic (exact) mass is 509 g/mol. The number of aromatic nitrogens is 1. The van der Waals surface area contributed by atoms with Gasteiger partial charge in [0, 0.05) is 41.2 Å². The number of aliphatic hydroxyl groups excluding tert-OH is 1. The molecule has 1 aliphatic rings. The molecule has 2 heterocycles. The SMILES string of the molecule is CC(C)(C)[S+]([O-])N1Cc2cc(C(=O)NCc3ccccc3F)nc(-c3ccccc3)c2[C@H]1CCCO. The summed E-state index contributed by atoms with van der Waals surface area (Å²) in [6, 6.07) is 17.5. The van der Waals surface area contributed by atoms with Crippen molar-refractivity contribution in [3.8, 4) is 11.3 Å². The molecule has 190 valence electrons. The number of hydrogen-bond acceptors (Lipinski definition) is 5. The van der Waals surface area contributed by atoms with Crippen LogP contribution in [0.2, 0.25) is 0 Å². The van der Waals surface area contributed by atoms with Crippen LogP contribution in [-0.4, -0.2) is 36.2 Å². The molecule has 8 heteroatoms. The van der Waals surface area contributed by atoms with E-state index in [1.54, 1.807) is 24.3 Å². The fourth-order valence-corrected chi connectivity index (χ4v) is 5.87. The van der Waals surface area contributed by atoms with E-state index in [0.29, 0.717) is 30.6 Å². The Morgan fingerprint density at radius 3 is 2.56 bits per heavy atom. The van der Waals surface area contributed by atoms with Crippen LogP contribution in [0.4, 0.5) is 4.39 Å². The largest absolute Gasteiger partial charge is 0.597 e. The molecule has 0 saturated heterocycles. The molecule has 0 aliphatic carbocycles. The summed E-state index contributed by atoms with van der Waals surface area (Å²) in [6.07, 6.45) is 1.17. The van der Waals surface area contributed by atoms with Gasteiger partial charge in [-0.1, -0.05) is 48.5 Å². The maximum atomic E-state index is 14.0. The molecule has 1 amide bonds. The average Bonchev–Trinajstić information content (AvgIpc) is 3.23. The molecule has 0 radical (unpaired) electrons. The van der Waals surface area contributed by atoms with Crippen LogP contribution in [-0.2, 0) is 24.5 Å². The maximum Gasteiger partial charge on any atom is 0.270 e. The first-order valence-corrected chi connectivity index (χ1v) is 13.2. The highest BCUT2D eigenvalue weighted by Gasteiger charge is 2.44. The van der Waals surface area contributed by atoms with Gasteiger partial charge in [0.1, 0.15) is 16.3 Å². The lowest BCUT2D eigenvalue weighted by atomic mass is 9.95. The Morgan fingerprint density at radius 2 is 1.89 bits per heavy atom. The number of pyridine rings is 1. The van der Waals surface area contributed by atoms with Gasteiger partial charge in [-0.05, 0) is 51.3 Å². The van der Waals surface area contributed by atoms with Gasteiger partial charge in [-0.3, -0.25) is 4.79 Å². The number of carbonyl (C=O) groups excluding carboxylic acids is 1. The number of fused-ring (bicyclic) bond motifs is 1. The highest BCUT2D eigenvalue weighted by Crippen LogP contribution is 2.45. The van der Waals surface area contributed by atoms with Crippen LogP contribution in [0.3, 0.4) is 0 Å². The number of aliphatic hydroxyl groups is 1. The average molecular weight is 510 g/mol. The summed E-state index contributed by atoms with van der Waals surface area (Å²) in [5.74, 6) is -0.780. The molecule has 6 nitrogen and oxygen atoms in total. The number of rotatable bonds is 8. The van der Waals surface area contributed by atoms with Crippen molar-refractivity contribution < 1.29 is 18.8 Å². The van der Waals surface area contributed by atoms with Crippen LogP contribution in [0, 0.1) is 5.82 Å². The van der Waals surface area contributed by atoms with Gasteiger partial charge in [0.25, 0.3) is 5.91 Å². The van der Waals surface area contributed by atoms with Crippen LogP contribution in [0.25, 0.3) is 11.3 Å². The lowest BCUT2D eigenvalue weighted by Gasteiger charge is -2.34. The number of carbonyl (C=O) groups is 1. The predicted octanol–water partition coefficient (Wildman–Crippen LogP) is 4.91. The molecule has 1 aliphatic heterocycles. The predicted molar refractivity (Wildman–Crippen MR) is 140 cm³/mol. The molecule has 1 aromatic heterocycles. The summed E-state index contributed by atoms with van der Waals surface area (Å²) in [5, 5.41) is 12.3. The highest BCUT2D eigenvalue weighted by atomic mass is 32.2. The zero-order valence-electron chi connectivity index (χ0n) is 20.8. The molecule has 4 rings (SSSR count). The lowest BCUT2D eigenvalue weighted by molar-refractivity contribution is 0.0945. The van der Waals surface area contributed by atoms with Crippen molar-refractivity contribution >= 4 is 17.3 Å². The van der Waals surface area contributed by atoms with Gasteiger partial charge in [0.15, 0.2) is 0 Å². The van der Waals surface area contributed by atoms with Crippen molar-refractivity contribution in [3.05, 3.63) is 88.9 Å². The van der Waals surface area contributed by atoms with Gasteiger partial charge in [0.2, 0.25) is 0 Å². The summed E-state index contributed by atoms with van der Waals surface area (Å²) >= 11 is -1.30. The minimum absolute atomic E-state index is 0.0342. The van der Waals surface area contributed by atoms with Gasteiger partial charge in [-0.15, -0.1) is 4.31 Å². The van der Waals surface area contributed by atoms with E-state index in [-0.39, 0.29) is 30.7 Å². The number of nitrogens with zero attached hydrogens (tertiary/aromatic N) is 2. The number of benzene rings is 2. The molecule has 0 bridgehead atoms. The number of amides is 1. The quantitative estimate of drug-likeness (QED) is 0.421. The van der Waals surface area contributed by atoms with Crippen LogP contribution < -0.4 is 5.32 Å². The van der Waals surface area contributed by atoms with Crippen molar-refractivity contribution in [2.45, 2.75) is 57.5 Å². The third kappa shape index (κ3) is 5.62. The smallest absolute Gasteiger partial charge is 0.270 e. The molecule has 2 atom stereocenters. The van der Waals surface area contributed by atoms with E-state index < -0.39 is 22.0 Å². The van der Waals surface area contributed by atoms with E-state index in [4.69, 9.17) is 4.98 Å². The summed E-state index contributed by atoms with van der Waals surface area (Å²) in [6.45, 7) is 6.30. The van der Waals surface area contributed by atoms with Crippen molar-refractivity contribution in [3.63, 3.8) is 0 Å². The van der Waals surface area contributed by atoms with Crippen LogP contribution in [0.5, 0.6) is 0 Å². The second kappa shape index (κ2) is 11.1. The van der Waals surface area contributed by atoms with Gasteiger partial charge in [-0.25, -0.2) is 9.37 Å². The summed E-state index contributed by atoms with van der Waals surface area (Å²) in [4.78, 5) is 17.9. The fraction of sp³-hybridized carbons (Fsp3) is 0.357. The van der Waals surface area contributed by atoms with E-state index >= 15 is 0 Å². The standard InChI is InChI=1S/C28H32FN3O3S/c1-28(2,3)36(35)32-18-21-16-23(27(34)30-17-20-12-7-8-13-22(20)29)31-26(19-10-5-4-6-11-19)25(21)24(32)14-9-15-33/h4-8,10-13,16,24,33H,9,14-15,17-18H2,1-3H3,(H,30,34)/t24-,36?/m1/s1. The normalized spacial score (nSPS) is 16.6. The number of halogens is 1. The summed E-state index contributed by atoms with van der Waals surface area (Å²) < 4.78 is 29.0. The van der Waals surface area contributed by atoms with Gasteiger partial charge >= 0.3 is 0 Å². The molecule has 0 saturated carbocycles. The topological polar surface area (TPSA) is 88.5 Å². The Balaban J connectivity index is 1.75. The van der Waals surface area contributed by atoms with Crippen molar-refractivity contribution in [2.75, 3.05) is 6.61 Å². The molecule has 2 aromatic carbocycles. The minimum Gasteiger partial charge on any atom is -0.597 e. The van der Waals surface area contributed by atoms with E-state index in [1.807, 2.05) is 55.4 Å². The van der Waals surface area contributed by atoms with Crippen LogP contribution >= 0.6 is 0 Å². The molecular weight excluding hydrogens is 477 g/mol. The van der Waals surface area contributed by atoms with E-state index in [1.165, 1.54) is 6.07 Å². The molecule has 0 fully saturated rings. The summed E-state index contributed by atoms with van der Waals surface area (Å²) in [5.41, 5.74) is 3.98. The third-order valence-electron chi connectivity index (χ3n) is 6.20. The first kappa shape index (κ1) is 26.3. The first-order chi connectivity index (χ1) is 17.2. The summed E-state index contributed by atoms with van der Waals surface area (Å²) in [7, 11) is 0. The third-order valence-corrected chi connectivity index (χ3v) is 8.06. The molecule has 2 N–H and O–H groups in total. The van der Waals surface area contributed by atoms with Crippen molar-refractivity contribution in [1.29, 1.82) is 0 Å². The highest BCUT2D eigenvalue weighted by molar-refractivity contribution is 7.90. The first-order valence-electron chi connectivity index (χ1n) is 12.1. The Morgan fingerprint density at radius 1 is 1.19 bits per heavy atom. The minimum atomic E-state index is -1.30. The van der Waals surface area contributed by atoms with E-state index in [2.05, 4.69) is 5.32 Å². The molecular formula is C28H32FN3O3S. The molecule has 0 spiro atoms. The number of nitrogens with one attached hydrogen (secondary N) is 1. The Hall–Kier alpha value is -2.78. The van der Waals surface area contributed by atoms with Gasteiger partial charge < -0.3 is 15.0 Å². The van der Waals surface area contributed by atoms with Crippen molar-refractivity contribution in [1.82, 2.24) is 14.6 Å². The van der Waals surface area contributed by atoms with E-state index in [9.17, 15) is 18.8 Å². The van der Waals surface area contributed by atoms with Crippen LogP contribution in [0.1, 0.15) is 66.8 Å². The second-order valence-electron chi connectivity index (χ2n) is 9.89. The zero-order chi connectivity index (χ0) is 25.9. The Labute approximate surface area is 214 Å². The van der Waals surface area contributed by atoms with Gasteiger partial charge in [-0.2, -0.15) is 0 Å². The Bertz CT molecular complexity index is 1220. The molecule has 1 unspecified atom stereocenters. The second-order valence-corrected chi connectivity index (χ2v) is 12.1. The van der Waals surface area contributed by atoms with Gasteiger partial charge in [0.05, 0.1) is 18.3 Å². The zero-order valence-corrected chi connectivity index (χ0v) is 21.6. The van der Waals surface area contributed by atoms with E-state index in [0.717, 1.165) is 16.7 Å². The molecule has 3 aromatic rings. The lowest BCUT2D eigenvalue weighted by Crippen LogP contribution is -2.42.